The second-order valence-corrected chi connectivity index (χ2v) is 3.83. The van der Waals surface area contributed by atoms with Crippen LogP contribution in [0.4, 0.5) is 0 Å². The van der Waals surface area contributed by atoms with Crippen LogP contribution in [0, 0.1) is 0 Å². The van der Waals surface area contributed by atoms with Gasteiger partial charge in [-0.3, -0.25) is 9.59 Å². The van der Waals surface area contributed by atoms with Gasteiger partial charge in [-0.25, -0.2) is 0 Å². The van der Waals surface area contributed by atoms with Crippen molar-refractivity contribution < 1.29 is 19.1 Å². The highest BCUT2D eigenvalue weighted by Crippen LogP contribution is 2.31. The summed E-state index contributed by atoms with van der Waals surface area (Å²) in [4.78, 5) is 23.1. The van der Waals surface area contributed by atoms with E-state index in [1.807, 2.05) is 13.8 Å². The Balaban J connectivity index is 3.43. The Morgan fingerprint density at radius 3 is 1.67 bits per heavy atom. The summed E-state index contributed by atoms with van der Waals surface area (Å²) in [5.41, 5.74) is 0.871. The van der Waals surface area contributed by atoms with Crippen molar-refractivity contribution in [3.05, 3.63) is 23.3 Å². The number of carbonyl (C=O) groups excluding carboxylic acids is 2. The predicted octanol–water partition coefficient (Wildman–Crippen LogP) is 2.89. The van der Waals surface area contributed by atoms with Crippen LogP contribution >= 0.6 is 0 Å². The van der Waals surface area contributed by atoms with E-state index in [4.69, 9.17) is 9.47 Å². The highest BCUT2D eigenvalue weighted by molar-refractivity contribution is 6.02. The maximum atomic E-state index is 11.7. The van der Waals surface area contributed by atoms with Crippen LogP contribution in [-0.4, -0.2) is 24.8 Å². The zero-order valence-electron chi connectivity index (χ0n) is 11.2. The van der Waals surface area contributed by atoms with E-state index < -0.39 is 0 Å². The Morgan fingerprint density at radius 1 is 0.944 bits per heavy atom. The molecule has 0 unspecified atom stereocenters. The Bertz CT molecular complexity index is 436. The Labute approximate surface area is 107 Å². The third kappa shape index (κ3) is 3.09. The molecule has 0 bridgehead atoms. The van der Waals surface area contributed by atoms with E-state index in [0.717, 1.165) is 0 Å². The minimum atomic E-state index is -0.142. The Hall–Kier alpha value is -1.84. The fourth-order valence-electron chi connectivity index (χ4n) is 1.68. The molecule has 0 aliphatic heterocycles. The highest BCUT2D eigenvalue weighted by atomic mass is 16.5. The summed E-state index contributed by atoms with van der Waals surface area (Å²) in [5.74, 6) is 0.575. The van der Waals surface area contributed by atoms with Crippen molar-refractivity contribution in [2.45, 2.75) is 27.7 Å². The van der Waals surface area contributed by atoms with Crippen molar-refractivity contribution in [3.63, 3.8) is 0 Å². The van der Waals surface area contributed by atoms with E-state index in [1.165, 1.54) is 13.8 Å². The van der Waals surface area contributed by atoms with Gasteiger partial charge < -0.3 is 9.47 Å². The van der Waals surface area contributed by atoms with Crippen molar-refractivity contribution in [3.8, 4) is 11.5 Å². The van der Waals surface area contributed by atoms with Gasteiger partial charge in [-0.2, -0.15) is 0 Å². The van der Waals surface area contributed by atoms with Crippen LogP contribution in [0.2, 0.25) is 0 Å². The summed E-state index contributed by atoms with van der Waals surface area (Å²) in [7, 11) is 0. The highest BCUT2D eigenvalue weighted by Gasteiger charge is 2.18. The third-order valence-electron chi connectivity index (χ3n) is 2.42. The first-order valence-corrected chi connectivity index (χ1v) is 5.96. The van der Waals surface area contributed by atoms with Gasteiger partial charge >= 0.3 is 0 Å². The first kappa shape index (κ1) is 14.2. The van der Waals surface area contributed by atoms with E-state index in [2.05, 4.69) is 0 Å². The minimum absolute atomic E-state index is 0.0907. The molecule has 0 radical (unpaired) electrons. The number of ether oxygens (including phenoxy) is 2. The Morgan fingerprint density at radius 2 is 1.39 bits per heavy atom. The summed E-state index contributed by atoms with van der Waals surface area (Å²) in [6, 6.07) is 3.18. The zero-order chi connectivity index (χ0) is 13.7. The predicted molar refractivity (Wildman–Crippen MR) is 68.8 cm³/mol. The van der Waals surface area contributed by atoms with Gasteiger partial charge in [-0.1, -0.05) is 0 Å². The molecule has 0 fully saturated rings. The van der Waals surface area contributed by atoms with Crippen molar-refractivity contribution in [1.29, 1.82) is 0 Å². The fraction of sp³-hybridized carbons (Fsp3) is 0.429. The smallest absolute Gasteiger partial charge is 0.167 e. The third-order valence-corrected chi connectivity index (χ3v) is 2.42. The molecule has 0 aromatic heterocycles. The lowest BCUT2D eigenvalue weighted by molar-refractivity contribution is 0.0994. The SMILES string of the molecule is CCOc1cc(C(C)=O)cc(OCC)c1C(C)=O. The molecule has 1 rings (SSSR count). The molecular weight excluding hydrogens is 232 g/mol. The van der Waals surface area contributed by atoms with Crippen LogP contribution < -0.4 is 9.47 Å². The van der Waals surface area contributed by atoms with Crippen LogP contribution in [0.1, 0.15) is 48.4 Å². The molecular formula is C14H18O4. The average molecular weight is 250 g/mol. The molecule has 0 spiro atoms. The van der Waals surface area contributed by atoms with E-state index in [1.54, 1.807) is 12.1 Å². The van der Waals surface area contributed by atoms with Gasteiger partial charge in [0.05, 0.1) is 13.2 Å². The lowest BCUT2D eigenvalue weighted by Gasteiger charge is -2.14. The van der Waals surface area contributed by atoms with Crippen LogP contribution in [0.5, 0.6) is 11.5 Å². The van der Waals surface area contributed by atoms with Gasteiger partial charge in [0.2, 0.25) is 0 Å². The number of carbonyl (C=O) groups is 2. The van der Waals surface area contributed by atoms with Crippen molar-refractivity contribution in [2.24, 2.45) is 0 Å². The Kier molecular flexibility index (Phi) is 4.89. The number of rotatable bonds is 6. The molecule has 0 atom stereocenters. The van der Waals surface area contributed by atoms with E-state index in [-0.39, 0.29) is 11.6 Å². The maximum absolute atomic E-state index is 11.7. The van der Waals surface area contributed by atoms with Gasteiger partial charge in [0, 0.05) is 5.56 Å². The number of Topliss-reactive ketones (excluding diaryl/α,β-unsaturated/α-hetero) is 2. The van der Waals surface area contributed by atoms with Crippen molar-refractivity contribution in [1.82, 2.24) is 0 Å². The summed E-state index contributed by atoms with van der Waals surface area (Å²) >= 11 is 0. The van der Waals surface area contributed by atoms with Gasteiger partial charge in [0.1, 0.15) is 17.1 Å². The molecule has 0 aliphatic rings. The fourth-order valence-corrected chi connectivity index (χ4v) is 1.68. The quantitative estimate of drug-likeness (QED) is 0.728. The topological polar surface area (TPSA) is 52.6 Å². The number of hydrogen-bond acceptors (Lipinski definition) is 4. The van der Waals surface area contributed by atoms with Crippen LogP contribution in [-0.2, 0) is 0 Å². The standard InChI is InChI=1S/C14H18O4/c1-5-17-12-7-11(9(3)15)8-13(18-6-2)14(12)10(4)16/h7-8H,5-6H2,1-4H3. The summed E-state index contributed by atoms with van der Waals surface area (Å²) in [5, 5.41) is 0. The maximum Gasteiger partial charge on any atom is 0.167 e. The lowest BCUT2D eigenvalue weighted by atomic mass is 10.0. The summed E-state index contributed by atoms with van der Waals surface area (Å²) in [6.45, 7) is 7.41. The molecule has 4 heteroatoms. The summed E-state index contributed by atoms with van der Waals surface area (Å²) < 4.78 is 10.8. The normalized spacial score (nSPS) is 10.0. The second kappa shape index (κ2) is 6.19. The number of ketones is 2. The molecule has 98 valence electrons. The largest absolute Gasteiger partial charge is 0.493 e. The summed E-state index contributed by atoms with van der Waals surface area (Å²) in [6.07, 6.45) is 0. The molecule has 0 amide bonds. The number of benzene rings is 1. The van der Waals surface area contributed by atoms with E-state index in [0.29, 0.717) is 35.8 Å². The lowest BCUT2D eigenvalue weighted by Crippen LogP contribution is -2.07. The molecule has 1 aromatic rings. The first-order chi connectivity index (χ1) is 8.51. The monoisotopic (exact) mass is 250 g/mol. The van der Waals surface area contributed by atoms with E-state index in [9.17, 15) is 9.59 Å². The molecule has 0 saturated heterocycles. The van der Waals surface area contributed by atoms with Crippen LogP contribution in [0.3, 0.4) is 0 Å². The second-order valence-electron chi connectivity index (χ2n) is 3.83. The number of hydrogen-bond donors (Lipinski definition) is 0. The molecule has 18 heavy (non-hydrogen) atoms. The minimum Gasteiger partial charge on any atom is -0.493 e. The van der Waals surface area contributed by atoms with Gasteiger partial charge in [-0.15, -0.1) is 0 Å². The van der Waals surface area contributed by atoms with Crippen molar-refractivity contribution in [2.75, 3.05) is 13.2 Å². The molecule has 0 saturated carbocycles. The molecule has 0 N–H and O–H groups in total. The van der Waals surface area contributed by atoms with Gasteiger partial charge in [0.25, 0.3) is 0 Å². The molecule has 0 aliphatic carbocycles. The van der Waals surface area contributed by atoms with Crippen LogP contribution in [0.15, 0.2) is 12.1 Å². The molecule has 4 nitrogen and oxygen atoms in total. The average Bonchev–Trinajstić information content (AvgIpc) is 2.28. The van der Waals surface area contributed by atoms with Crippen LogP contribution in [0.25, 0.3) is 0 Å². The molecule has 1 aromatic carbocycles. The van der Waals surface area contributed by atoms with E-state index >= 15 is 0 Å². The molecule has 0 heterocycles. The van der Waals surface area contributed by atoms with Crippen molar-refractivity contribution >= 4 is 11.6 Å². The first-order valence-electron chi connectivity index (χ1n) is 5.96. The van der Waals surface area contributed by atoms with Gasteiger partial charge in [0.15, 0.2) is 11.6 Å². The van der Waals surface area contributed by atoms with Gasteiger partial charge in [-0.05, 0) is 39.8 Å². The zero-order valence-corrected chi connectivity index (χ0v) is 11.2.